The molecule has 3 aliphatic heterocycles. The predicted octanol–water partition coefficient (Wildman–Crippen LogP) is 3.62. The molecule has 3 fully saturated rings. The molecule has 2 saturated carbocycles. The highest BCUT2D eigenvalue weighted by Gasteiger charge is 2.62. The molecule has 1 saturated heterocycles. The number of furan rings is 1. The van der Waals surface area contributed by atoms with E-state index in [0.29, 0.717) is 36.1 Å². The molecule has 3 N–H and O–H groups in total. The Morgan fingerprint density at radius 3 is 2.65 bits per heavy atom. The molecule has 2 aromatic rings. The van der Waals surface area contributed by atoms with E-state index in [4.69, 9.17) is 9.15 Å². The minimum atomic E-state index is -3.89. The zero-order chi connectivity index (χ0) is 36.8. The molecular weight excluding hydrogens is 693 g/mol. The molecule has 0 unspecified atom stereocenters. The molecule has 13 nitrogen and oxygen atoms in total. The van der Waals surface area contributed by atoms with Gasteiger partial charge in [-0.1, -0.05) is 37.1 Å². The highest BCUT2D eigenvalue weighted by Crippen LogP contribution is 2.46. The second-order valence-electron chi connectivity index (χ2n) is 14.9. The van der Waals surface area contributed by atoms with Crippen molar-refractivity contribution in [3.05, 3.63) is 70.4 Å². The highest BCUT2D eigenvalue weighted by molar-refractivity contribution is 7.91. The standard InChI is InChI=1S/C37H46FN5O8S/c1-22-15-26(50-23(22)2)18-39-31-12-7-5-3-4-6-10-25-17-37(25,35(46)41-52(48,49)28-13-14-28)40-33(44)32-16-27(20-43(32)34(31)45)51-36(47)42-19-24-9-8-11-30(38)29(24)21-42/h6,8-11,15,25,27-28,31-32,39H,3-5,7,12-14,16-21H2,1-2H3,(H,40,44)(H,41,46)/b10-6-/t25-,27+,31-,32-,37+/m0/s1. The quantitative estimate of drug-likeness (QED) is 0.360. The summed E-state index contributed by atoms with van der Waals surface area (Å²) < 4.78 is 53.9. The Morgan fingerprint density at radius 2 is 1.92 bits per heavy atom. The third kappa shape index (κ3) is 7.47. The molecule has 5 atom stereocenters. The number of benzene rings is 1. The van der Waals surface area contributed by atoms with Crippen molar-refractivity contribution in [1.82, 2.24) is 25.2 Å². The van der Waals surface area contributed by atoms with Gasteiger partial charge in [-0.2, -0.15) is 0 Å². The lowest BCUT2D eigenvalue weighted by molar-refractivity contribution is -0.141. The first-order chi connectivity index (χ1) is 24.8. The minimum absolute atomic E-state index is 0.0359. The van der Waals surface area contributed by atoms with Crippen LogP contribution >= 0.6 is 0 Å². The summed E-state index contributed by atoms with van der Waals surface area (Å²) >= 11 is 0. The van der Waals surface area contributed by atoms with E-state index in [1.165, 1.54) is 15.9 Å². The van der Waals surface area contributed by atoms with Crippen LogP contribution < -0.4 is 15.4 Å². The Balaban J connectivity index is 1.13. The van der Waals surface area contributed by atoms with Crippen LogP contribution in [0.4, 0.5) is 9.18 Å². The van der Waals surface area contributed by atoms with E-state index in [0.717, 1.165) is 37.0 Å². The summed E-state index contributed by atoms with van der Waals surface area (Å²) in [5, 5.41) is 5.56. The average Bonchev–Trinajstić information content (AvgIpc) is 3.94. The molecule has 4 amide bonds. The van der Waals surface area contributed by atoms with Crippen molar-refractivity contribution in [1.29, 1.82) is 0 Å². The molecule has 7 rings (SSSR count). The van der Waals surface area contributed by atoms with Crippen LogP contribution in [0.1, 0.15) is 86.0 Å². The Hall–Kier alpha value is -4.24. The number of ether oxygens (including phenoxy) is 1. The number of nitrogens with one attached hydrogen (secondary N) is 3. The van der Waals surface area contributed by atoms with Gasteiger partial charge in [-0.05, 0) is 75.6 Å². The van der Waals surface area contributed by atoms with Gasteiger partial charge >= 0.3 is 6.09 Å². The van der Waals surface area contributed by atoms with Gasteiger partial charge in [0.25, 0.3) is 5.91 Å². The lowest BCUT2D eigenvalue weighted by Crippen LogP contribution is -2.58. The van der Waals surface area contributed by atoms with Crippen LogP contribution in [0.5, 0.6) is 0 Å². The number of fused-ring (bicyclic) bond motifs is 3. The van der Waals surface area contributed by atoms with Gasteiger partial charge < -0.3 is 19.4 Å². The first kappa shape index (κ1) is 36.1. The fourth-order valence-electron chi connectivity index (χ4n) is 7.59. The van der Waals surface area contributed by atoms with Gasteiger partial charge in [-0.25, -0.2) is 17.6 Å². The second kappa shape index (κ2) is 14.3. The number of hydrogen-bond donors (Lipinski definition) is 3. The number of carbonyl (C=O) groups excluding carboxylic acids is 4. The van der Waals surface area contributed by atoms with Gasteiger partial charge in [0.1, 0.15) is 35.0 Å². The number of amides is 4. The third-order valence-electron chi connectivity index (χ3n) is 11.0. The smallest absolute Gasteiger partial charge is 0.410 e. The van der Waals surface area contributed by atoms with Gasteiger partial charge in [-0.15, -0.1) is 0 Å². The van der Waals surface area contributed by atoms with Gasteiger partial charge in [0.2, 0.25) is 21.8 Å². The Bertz CT molecular complexity index is 1870. The fourth-order valence-corrected chi connectivity index (χ4v) is 8.95. The average molecular weight is 740 g/mol. The van der Waals surface area contributed by atoms with Crippen molar-refractivity contribution in [2.45, 2.75) is 120 Å². The van der Waals surface area contributed by atoms with E-state index in [-0.39, 0.29) is 44.9 Å². The largest absolute Gasteiger partial charge is 0.465 e. The van der Waals surface area contributed by atoms with Crippen molar-refractivity contribution in [2.24, 2.45) is 5.92 Å². The van der Waals surface area contributed by atoms with Crippen LogP contribution in [-0.2, 0) is 48.8 Å². The second-order valence-corrected chi connectivity index (χ2v) is 16.8. The van der Waals surface area contributed by atoms with Crippen molar-refractivity contribution >= 4 is 33.8 Å². The molecule has 52 heavy (non-hydrogen) atoms. The van der Waals surface area contributed by atoms with E-state index in [1.807, 2.05) is 32.1 Å². The van der Waals surface area contributed by atoms with Gasteiger partial charge in [-0.3, -0.25) is 29.3 Å². The lowest BCUT2D eigenvalue weighted by Gasteiger charge is -2.30. The topological polar surface area (TPSA) is 167 Å². The number of halogens is 1. The zero-order valence-electron chi connectivity index (χ0n) is 29.5. The van der Waals surface area contributed by atoms with Crippen LogP contribution in [0.25, 0.3) is 0 Å². The number of nitrogens with zero attached hydrogens (tertiary/aromatic N) is 2. The maximum Gasteiger partial charge on any atom is 0.410 e. The molecule has 1 aromatic heterocycles. The van der Waals surface area contributed by atoms with Crippen LogP contribution in [0.3, 0.4) is 0 Å². The maximum absolute atomic E-state index is 14.4. The maximum atomic E-state index is 14.4. The van der Waals surface area contributed by atoms with E-state index >= 15 is 0 Å². The Kier molecular flexibility index (Phi) is 9.93. The molecule has 15 heteroatoms. The van der Waals surface area contributed by atoms with E-state index in [2.05, 4.69) is 15.4 Å². The summed E-state index contributed by atoms with van der Waals surface area (Å²) in [5.41, 5.74) is 0.590. The summed E-state index contributed by atoms with van der Waals surface area (Å²) in [5.74, 6) is -1.17. The predicted molar refractivity (Wildman–Crippen MR) is 186 cm³/mol. The van der Waals surface area contributed by atoms with Crippen LogP contribution in [-0.4, -0.2) is 77.6 Å². The monoisotopic (exact) mass is 739 g/mol. The third-order valence-corrected chi connectivity index (χ3v) is 12.9. The van der Waals surface area contributed by atoms with Crippen molar-refractivity contribution in [2.75, 3.05) is 6.54 Å². The molecule has 2 aliphatic carbocycles. The molecular formula is C37H46FN5O8S. The van der Waals surface area contributed by atoms with E-state index in [1.54, 1.807) is 12.1 Å². The highest BCUT2D eigenvalue weighted by atomic mass is 32.2. The minimum Gasteiger partial charge on any atom is -0.465 e. The summed E-state index contributed by atoms with van der Waals surface area (Å²) in [6, 6.07) is 4.78. The normalized spacial score (nSPS) is 28.5. The number of aryl methyl sites for hydroxylation is 2. The Labute approximate surface area is 302 Å². The number of allylic oxidation sites excluding steroid dienone is 1. The number of sulfonamides is 1. The van der Waals surface area contributed by atoms with Crippen LogP contribution in [0, 0.1) is 25.6 Å². The molecule has 0 bridgehead atoms. The molecule has 0 radical (unpaired) electrons. The summed E-state index contributed by atoms with van der Waals surface area (Å²) in [7, 11) is -3.89. The van der Waals surface area contributed by atoms with E-state index in [9.17, 15) is 32.0 Å². The molecule has 4 heterocycles. The summed E-state index contributed by atoms with van der Waals surface area (Å²) in [6.45, 7) is 4.22. The molecule has 5 aliphatic rings. The molecule has 280 valence electrons. The van der Waals surface area contributed by atoms with Gasteiger partial charge in [0, 0.05) is 24.4 Å². The van der Waals surface area contributed by atoms with Gasteiger partial charge in [0.05, 0.1) is 30.9 Å². The van der Waals surface area contributed by atoms with Crippen molar-refractivity contribution in [3.8, 4) is 0 Å². The Morgan fingerprint density at radius 1 is 1.12 bits per heavy atom. The van der Waals surface area contributed by atoms with Crippen molar-refractivity contribution < 1.29 is 41.1 Å². The van der Waals surface area contributed by atoms with Crippen LogP contribution in [0.15, 0.2) is 40.8 Å². The van der Waals surface area contributed by atoms with E-state index < -0.39 is 68.6 Å². The number of carbonyl (C=O) groups is 4. The number of rotatable bonds is 7. The summed E-state index contributed by atoms with van der Waals surface area (Å²) in [6.07, 6.45) is 7.00. The lowest BCUT2D eigenvalue weighted by atomic mass is 10.0. The molecule has 1 aromatic carbocycles. The summed E-state index contributed by atoms with van der Waals surface area (Å²) in [4.78, 5) is 58.5. The zero-order valence-corrected chi connectivity index (χ0v) is 30.3. The van der Waals surface area contributed by atoms with Crippen LogP contribution in [0.2, 0.25) is 0 Å². The first-order valence-electron chi connectivity index (χ1n) is 18.2. The first-order valence-corrected chi connectivity index (χ1v) is 19.8. The van der Waals surface area contributed by atoms with Gasteiger partial charge in [0.15, 0.2) is 0 Å². The van der Waals surface area contributed by atoms with Crippen molar-refractivity contribution in [3.63, 3.8) is 0 Å². The molecule has 0 spiro atoms. The fraction of sp³-hybridized carbons (Fsp3) is 0.568. The number of hydrogen-bond acceptors (Lipinski definition) is 9. The SMILES string of the molecule is Cc1cc(CN[C@H]2CCCCC/C=C\[C@H]3C[C@@]3(C(=O)NS(=O)(=O)C3CC3)NC(=O)[C@@H]3C[C@@H](OC(=O)N4Cc5cccc(F)c5C4)CN3C2=O)oc1C.